The maximum Gasteiger partial charge on any atom is 0.389 e. The smallest absolute Gasteiger partial charge is 0.389 e. The maximum absolute atomic E-state index is 13.3. The fraction of sp³-hybridized carbons (Fsp3) is 0.857. The number of halogens is 3. The van der Waals surface area contributed by atoms with Crippen molar-refractivity contribution in [3.8, 4) is 0 Å². The average molecular weight is 553 g/mol. The number of rotatable bonds is 19. The van der Waals surface area contributed by atoms with E-state index in [1.165, 1.54) is 13.8 Å². The van der Waals surface area contributed by atoms with Gasteiger partial charge in [-0.2, -0.15) is 13.2 Å². The lowest BCUT2D eigenvalue weighted by atomic mass is 9.74. The number of unbranched alkanes of at least 4 members (excludes halogenated alkanes) is 4. The largest absolute Gasteiger partial charge is 0.466 e. The molecule has 0 spiro atoms. The van der Waals surface area contributed by atoms with Crippen molar-refractivity contribution in [2.75, 3.05) is 6.61 Å². The monoisotopic (exact) mass is 552 g/mol. The summed E-state index contributed by atoms with van der Waals surface area (Å²) >= 11 is 0. The highest BCUT2D eigenvalue weighted by Gasteiger charge is 2.45. The van der Waals surface area contributed by atoms with Crippen LogP contribution in [0.1, 0.15) is 125 Å². The Bertz CT molecular complexity index is 744. The Kier molecular flexibility index (Phi) is 16.5. The van der Waals surface area contributed by atoms with Gasteiger partial charge in [0.1, 0.15) is 22.9 Å². The minimum Gasteiger partial charge on any atom is -0.466 e. The number of carbonyl (C=O) groups is 4. The molecule has 0 aromatic rings. The van der Waals surface area contributed by atoms with Crippen LogP contribution in [0.4, 0.5) is 13.2 Å². The van der Waals surface area contributed by atoms with E-state index in [0.717, 1.165) is 6.42 Å². The molecule has 0 bridgehead atoms. The van der Waals surface area contributed by atoms with Crippen molar-refractivity contribution < 1.29 is 46.6 Å². The Hall–Kier alpha value is -2.13. The van der Waals surface area contributed by atoms with Crippen LogP contribution in [0.5, 0.6) is 0 Å². The fourth-order valence-electron chi connectivity index (χ4n) is 4.31. The SMILES string of the molecule is CCOC(=O)CCCCCCC(CCCC(CCCCC(F)(F)F)OC(C)=O)(C(C)=O)C(=O)OC(C)(C)C. The van der Waals surface area contributed by atoms with Gasteiger partial charge in [-0.15, -0.1) is 0 Å². The third kappa shape index (κ3) is 16.7. The molecule has 10 heteroatoms. The van der Waals surface area contributed by atoms with E-state index in [1.807, 2.05) is 0 Å². The van der Waals surface area contributed by atoms with E-state index < -0.39 is 41.7 Å². The van der Waals surface area contributed by atoms with Crippen molar-refractivity contribution in [2.45, 2.75) is 143 Å². The van der Waals surface area contributed by atoms with E-state index in [-0.39, 0.29) is 43.9 Å². The van der Waals surface area contributed by atoms with E-state index in [1.54, 1.807) is 27.7 Å². The lowest BCUT2D eigenvalue weighted by Crippen LogP contribution is -2.43. The van der Waals surface area contributed by atoms with E-state index in [4.69, 9.17) is 14.2 Å². The molecule has 0 aliphatic carbocycles. The average Bonchev–Trinajstić information content (AvgIpc) is 2.75. The second-order valence-electron chi connectivity index (χ2n) is 10.8. The van der Waals surface area contributed by atoms with Gasteiger partial charge < -0.3 is 14.2 Å². The molecule has 0 aliphatic heterocycles. The molecule has 38 heavy (non-hydrogen) atoms. The highest BCUT2D eigenvalue weighted by Crippen LogP contribution is 2.36. The van der Waals surface area contributed by atoms with Crippen molar-refractivity contribution >= 4 is 23.7 Å². The quantitative estimate of drug-likeness (QED) is 0.0734. The molecule has 0 heterocycles. The number of carbonyl (C=O) groups excluding carboxylic acids is 4. The highest BCUT2D eigenvalue weighted by molar-refractivity contribution is 6.02. The lowest BCUT2D eigenvalue weighted by Gasteiger charge is -2.33. The normalized spacial score (nSPS) is 14.3. The maximum atomic E-state index is 13.3. The Balaban J connectivity index is 5.25. The lowest BCUT2D eigenvalue weighted by molar-refractivity contribution is -0.171. The summed E-state index contributed by atoms with van der Waals surface area (Å²) in [5, 5.41) is 0. The molecule has 0 amide bonds. The zero-order valence-corrected chi connectivity index (χ0v) is 24.0. The minimum absolute atomic E-state index is 0.0628. The summed E-state index contributed by atoms with van der Waals surface area (Å²) in [6.45, 7) is 9.87. The molecule has 2 atom stereocenters. The highest BCUT2D eigenvalue weighted by atomic mass is 19.4. The number of alkyl halides is 3. The van der Waals surface area contributed by atoms with Crippen LogP contribution in [0, 0.1) is 5.41 Å². The molecule has 0 aromatic carbocycles. The Morgan fingerprint density at radius 2 is 1.32 bits per heavy atom. The van der Waals surface area contributed by atoms with Crippen molar-refractivity contribution in [3.63, 3.8) is 0 Å². The third-order valence-electron chi connectivity index (χ3n) is 6.20. The van der Waals surface area contributed by atoms with Crippen molar-refractivity contribution in [1.82, 2.24) is 0 Å². The topological polar surface area (TPSA) is 96.0 Å². The van der Waals surface area contributed by atoms with Gasteiger partial charge in [-0.05, 0) is 86.0 Å². The van der Waals surface area contributed by atoms with Crippen molar-refractivity contribution in [3.05, 3.63) is 0 Å². The molecule has 0 aromatic heterocycles. The predicted molar refractivity (Wildman–Crippen MR) is 137 cm³/mol. The Labute approximate surface area is 225 Å². The molecule has 0 saturated carbocycles. The number of hydrogen-bond acceptors (Lipinski definition) is 7. The zero-order chi connectivity index (χ0) is 29.4. The minimum atomic E-state index is -4.23. The first-order valence-electron chi connectivity index (χ1n) is 13.7. The molecule has 0 rings (SSSR count). The summed E-state index contributed by atoms with van der Waals surface area (Å²) in [5.41, 5.74) is -2.17. The first-order valence-corrected chi connectivity index (χ1v) is 13.7. The number of ketones is 1. The summed E-state index contributed by atoms with van der Waals surface area (Å²) < 4.78 is 53.2. The van der Waals surface area contributed by atoms with Gasteiger partial charge in [-0.3, -0.25) is 19.2 Å². The van der Waals surface area contributed by atoms with Crippen LogP contribution in [0.3, 0.4) is 0 Å². The summed E-state index contributed by atoms with van der Waals surface area (Å²) in [7, 11) is 0. The Morgan fingerprint density at radius 1 is 0.763 bits per heavy atom. The van der Waals surface area contributed by atoms with Crippen molar-refractivity contribution in [2.24, 2.45) is 5.41 Å². The first kappa shape index (κ1) is 35.9. The summed E-state index contributed by atoms with van der Waals surface area (Å²) in [4.78, 5) is 49.2. The van der Waals surface area contributed by atoms with E-state index in [9.17, 15) is 32.3 Å². The molecular weight excluding hydrogens is 505 g/mol. The summed E-state index contributed by atoms with van der Waals surface area (Å²) in [5.74, 6) is -1.69. The number of hydrogen-bond donors (Lipinski definition) is 0. The van der Waals surface area contributed by atoms with Crippen LogP contribution in [0.2, 0.25) is 0 Å². The van der Waals surface area contributed by atoms with E-state index in [2.05, 4.69) is 0 Å². The molecule has 0 saturated heterocycles. The van der Waals surface area contributed by atoms with Gasteiger partial charge in [-0.1, -0.05) is 19.3 Å². The van der Waals surface area contributed by atoms with Gasteiger partial charge in [0, 0.05) is 19.8 Å². The van der Waals surface area contributed by atoms with Crippen LogP contribution in [0.15, 0.2) is 0 Å². The fourth-order valence-corrected chi connectivity index (χ4v) is 4.31. The summed E-state index contributed by atoms with van der Waals surface area (Å²) in [6.07, 6.45) is -1.12. The van der Waals surface area contributed by atoms with E-state index >= 15 is 0 Å². The number of Topliss-reactive ketones (excluding diaryl/α,β-unsaturated/α-hetero) is 1. The molecule has 0 radical (unpaired) electrons. The number of ether oxygens (including phenoxy) is 3. The van der Waals surface area contributed by atoms with Gasteiger partial charge in [0.05, 0.1) is 6.61 Å². The predicted octanol–water partition coefficient (Wildman–Crippen LogP) is 7.03. The zero-order valence-electron chi connectivity index (χ0n) is 24.0. The number of esters is 3. The molecule has 0 N–H and O–H groups in total. The van der Waals surface area contributed by atoms with Gasteiger partial charge in [-0.25, -0.2) is 0 Å². The van der Waals surface area contributed by atoms with Crippen LogP contribution in [0.25, 0.3) is 0 Å². The van der Waals surface area contributed by atoms with Gasteiger partial charge in [0.15, 0.2) is 0 Å². The molecule has 222 valence electrons. The summed E-state index contributed by atoms with van der Waals surface area (Å²) in [6, 6.07) is 0. The van der Waals surface area contributed by atoms with Gasteiger partial charge in [0.25, 0.3) is 0 Å². The van der Waals surface area contributed by atoms with Crippen LogP contribution >= 0.6 is 0 Å². The Morgan fingerprint density at radius 3 is 1.84 bits per heavy atom. The molecular formula is C28H47F3O7. The van der Waals surface area contributed by atoms with Gasteiger partial charge in [0.2, 0.25) is 0 Å². The van der Waals surface area contributed by atoms with Crippen molar-refractivity contribution in [1.29, 1.82) is 0 Å². The second-order valence-corrected chi connectivity index (χ2v) is 10.8. The first-order chi connectivity index (χ1) is 17.5. The third-order valence-corrected chi connectivity index (χ3v) is 6.20. The van der Waals surface area contributed by atoms with Crippen LogP contribution in [-0.2, 0) is 33.4 Å². The van der Waals surface area contributed by atoms with E-state index in [0.29, 0.717) is 45.1 Å². The molecule has 0 aliphatic rings. The molecule has 2 unspecified atom stereocenters. The molecule has 7 nitrogen and oxygen atoms in total. The molecule has 0 fully saturated rings. The van der Waals surface area contributed by atoms with Gasteiger partial charge >= 0.3 is 24.1 Å². The van der Waals surface area contributed by atoms with Crippen LogP contribution < -0.4 is 0 Å². The second kappa shape index (κ2) is 17.5. The van der Waals surface area contributed by atoms with Crippen LogP contribution in [-0.4, -0.2) is 48.2 Å². The standard InChI is InChI=1S/C28H47F3O7/c1-7-36-24(34)17-10-8-9-12-18-27(21(2)32,25(35)38-26(4,5)6)19-14-16-23(37-22(3)33)15-11-13-20-28(29,30)31/h23H,7-20H2,1-6H3.